The molecule has 1 spiro atoms. The van der Waals surface area contributed by atoms with Crippen LogP contribution in [0.4, 0.5) is 15.3 Å². The van der Waals surface area contributed by atoms with Gasteiger partial charge in [0.15, 0.2) is 0 Å². The van der Waals surface area contributed by atoms with Gasteiger partial charge in [0.05, 0.1) is 44.0 Å². The number of urea groups is 2. The number of benzene rings is 4. The summed E-state index contributed by atoms with van der Waals surface area (Å²) >= 11 is 0. The fraction of sp³-hybridized carbons (Fsp3) is 0.396. The second-order valence-electron chi connectivity index (χ2n) is 18.1. The number of aliphatic hydroxyl groups is 1. The molecule has 0 aromatic heterocycles. The van der Waals surface area contributed by atoms with Crippen LogP contribution >= 0.6 is 0 Å². The molecule has 5 N–H and O–H groups in total. The van der Waals surface area contributed by atoms with Crippen molar-refractivity contribution < 1.29 is 48.1 Å². The van der Waals surface area contributed by atoms with Crippen LogP contribution in [0.3, 0.4) is 0 Å². The second kappa shape index (κ2) is 21.0. The first-order valence-corrected chi connectivity index (χ1v) is 23.5. The number of carbonyl (C=O) groups excluding carboxylic acids is 6. The van der Waals surface area contributed by atoms with E-state index < -0.39 is 83.3 Å². The van der Waals surface area contributed by atoms with Gasteiger partial charge in [-0.05, 0) is 71.3 Å². The predicted octanol–water partition coefficient (Wildman–Crippen LogP) is 5.44. The molecule has 3 fully saturated rings. The molecule has 4 heterocycles. The number of nitrogens with one attached hydrogen (secondary N) is 2. The van der Waals surface area contributed by atoms with Gasteiger partial charge in [-0.3, -0.25) is 19.3 Å². The van der Waals surface area contributed by atoms with Gasteiger partial charge in [0.2, 0.25) is 11.8 Å². The van der Waals surface area contributed by atoms with Gasteiger partial charge < -0.3 is 40.6 Å². The molecule has 16 heteroatoms. The van der Waals surface area contributed by atoms with Crippen molar-refractivity contribution in [1.29, 1.82) is 0 Å². The van der Waals surface area contributed by atoms with Crippen LogP contribution in [-0.2, 0) is 34.1 Å². The van der Waals surface area contributed by atoms with E-state index in [1.807, 2.05) is 65.6 Å². The standard InChI is InChI=1S/C53H58N6O10/c1-33(2)42(48(62)67-3)56-52(66)58-40-26-21-34(16-15-27-55-51(54)65)32-39(40)53(50(58)64)41(47(61)57-28-13-5-4-6-14-29-57)44-49(63)69-45(36-19-11-8-12-20-36)43(35-17-9-7-10-18-35)59(44)46(53)37-22-24-38(25-23-37)68-31-30-60/h7-12,17-26,32-33,41-46,60H,4-6,13-14,27-31H2,1-3H3,(H,56,66)(H3,54,55,65)/t41-,42+,43-,44-,45+,46+,53-/m1/s1. The Balaban J connectivity index is 1.46. The number of nitrogens with zero attached hydrogens (tertiary/aromatic N) is 3. The van der Waals surface area contributed by atoms with Gasteiger partial charge in [-0.15, -0.1) is 0 Å². The molecule has 0 bridgehead atoms. The summed E-state index contributed by atoms with van der Waals surface area (Å²) in [5, 5.41) is 14.8. The summed E-state index contributed by atoms with van der Waals surface area (Å²) in [7, 11) is 1.21. The van der Waals surface area contributed by atoms with Crippen LogP contribution in [0.1, 0.15) is 92.0 Å². The molecular weight excluding hydrogens is 881 g/mol. The molecule has 4 aliphatic rings. The van der Waals surface area contributed by atoms with Crippen molar-refractivity contribution in [2.45, 2.75) is 81.6 Å². The van der Waals surface area contributed by atoms with Crippen molar-refractivity contribution in [3.05, 3.63) is 131 Å². The monoisotopic (exact) mass is 938 g/mol. The molecule has 6 amide bonds. The zero-order chi connectivity index (χ0) is 48.8. The number of methoxy groups -OCH3 is 1. The molecule has 0 aliphatic carbocycles. The molecular formula is C53H58N6O10. The van der Waals surface area contributed by atoms with Crippen LogP contribution in [-0.4, -0.2) is 103 Å². The Morgan fingerprint density at radius 3 is 2.13 bits per heavy atom. The molecule has 8 rings (SSSR count). The Bertz CT molecular complexity index is 2610. The highest BCUT2D eigenvalue weighted by Gasteiger charge is 2.76. The molecule has 7 atom stereocenters. The summed E-state index contributed by atoms with van der Waals surface area (Å²) in [4.78, 5) is 92.9. The lowest BCUT2D eigenvalue weighted by Gasteiger charge is -2.46. The maximum atomic E-state index is 16.7. The maximum absolute atomic E-state index is 16.7. The number of anilines is 1. The molecule has 69 heavy (non-hydrogen) atoms. The average Bonchev–Trinajstić information content (AvgIpc) is 3.80. The van der Waals surface area contributed by atoms with Crippen LogP contribution < -0.4 is 26.0 Å². The lowest BCUT2D eigenvalue weighted by Crippen LogP contribution is -2.58. The average molecular weight is 939 g/mol. The fourth-order valence-corrected chi connectivity index (χ4v) is 10.6. The van der Waals surface area contributed by atoms with Crippen LogP contribution in [0.15, 0.2) is 103 Å². The van der Waals surface area contributed by atoms with E-state index in [1.165, 1.54) is 7.11 Å². The number of primary amides is 1. The first kappa shape index (κ1) is 48.2. The van der Waals surface area contributed by atoms with E-state index in [-0.39, 0.29) is 31.0 Å². The van der Waals surface area contributed by atoms with E-state index >= 15 is 19.2 Å². The SMILES string of the molecule is COC(=O)[C@@H](NC(=O)N1C(=O)[C@@]2(c3cc(C#CCNC(N)=O)ccc31)[C@H](c1ccc(OCCO)cc1)N1[C@H](c3ccccc3)[C@H](c3ccccc3)OC(=O)[C@H]1[C@@H]2C(=O)N1CCCCCCC1)C(C)C. The lowest BCUT2D eigenvalue weighted by atomic mass is 9.64. The van der Waals surface area contributed by atoms with Gasteiger partial charge in [0, 0.05) is 18.7 Å². The van der Waals surface area contributed by atoms with Crippen molar-refractivity contribution in [2.24, 2.45) is 17.6 Å². The zero-order valence-electron chi connectivity index (χ0n) is 39.0. The van der Waals surface area contributed by atoms with Crippen LogP contribution in [0.5, 0.6) is 5.75 Å². The summed E-state index contributed by atoms with van der Waals surface area (Å²) in [6.45, 7) is 3.91. The number of morpholine rings is 1. The Labute approximate surface area is 401 Å². The molecule has 3 saturated heterocycles. The number of likely N-dealkylation sites (tertiary alicyclic amines) is 1. The fourth-order valence-electron chi connectivity index (χ4n) is 10.6. The highest BCUT2D eigenvalue weighted by atomic mass is 16.6. The van der Waals surface area contributed by atoms with Crippen molar-refractivity contribution >= 4 is 41.5 Å². The summed E-state index contributed by atoms with van der Waals surface area (Å²) in [5.41, 5.74) is 5.95. The number of rotatable bonds is 11. The first-order chi connectivity index (χ1) is 33.4. The van der Waals surface area contributed by atoms with Gasteiger partial charge in [-0.1, -0.05) is 118 Å². The molecule has 4 aromatic carbocycles. The lowest BCUT2D eigenvalue weighted by molar-refractivity contribution is -0.179. The number of carbonyl (C=O) groups is 6. The van der Waals surface area contributed by atoms with Crippen LogP contribution in [0.25, 0.3) is 0 Å². The largest absolute Gasteiger partial charge is 0.491 e. The highest BCUT2D eigenvalue weighted by Crippen LogP contribution is 2.66. The smallest absolute Gasteiger partial charge is 0.329 e. The number of imide groups is 1. The third-order valence-electron chi connectivity index (χ3n) is 13.6. The first-order valence-electron chi connectivity index (χ1n) is 23.5. The van der Waals surface area contributed by atoms with E-state index in [0.29, 0.717) is 48.4 Å². The second-order valence-corrected chi connectivity index (χ2v) is 18.1. The Morgan fingerprint density at radius 2 is 1.51 bits per heavy atom. The van der Waals surface area contributed by atoms with E-state index in [1.54, 1.807) is 61.2 Å². The summed E-state index contributed by atoms with van der Waals surface area (Å²) in [5.74, 6) is 1.73. The van der Waals surface area contributed by atoms with Crippen molar-refractivity contribution in [3.8, 4) is 17.6 Å². The molecule has 0 saturated carbocycles. The Morgan fingerprint density at radius 1 is 0.855 bits per heavy atom. The topological polar surface area (TPSA) is 210 Å². The maximum Gasteiger partial charge on any atom is 0.329 e. The van der Waals surface area contributed by atoms with Crippen LogP contribution in [0, 0.1) is 23.7 Å². The van der Waals surface area contributed by atoms with Crippen molar-refractivity contribution in [3.63, 3.8) is 0 Å². The summed E-state index contributed by atoms with van der Waals surface area (Å²) in [6, 6.07) is 24.4. The number of amides is 6. The third-order valence-corrected chi connectivity index (χ3v) is 13.6. The number of fused-ring (bicyclic) bond motifs is 3. The Hall–Kier alpha value is -7.22. The normalized spacial score (nSPS) is 23.6. The van der Waals surface area contributed by atoms with Gasteiger partial charge >= 0.3 is 24.0 Å². The van der Waals surface area contributed by atoms with Gasteiger partial charge in [-0.25, -0.2) is 19.3 Å². The minimum atomic E-state index is -2.07. The van der Waals surface area contributed by atoms with Gasteiger partial charge in [0.1, 0.15) is 36.0 Å². The minimum absolute atomic E-state index is 0.0195. The number of aliphatic hydroxyl groups excluding tert-OH is 1. The van der Waals surface area contributed by atoms with E-state index in [2.05, 4.69) is 22.5 Å². The van der Waals surface area contributed by atoms with Crippen LogP contribution in [0.2, 0.25) is 0 Å². The van der Waals surface area contributed by atoms with Crippen molar-refractivity contribution in [2.75, 3.05) is 44.9 Å². The van der Waals surface area contributed by atoms with Gasteiger partial charge in [-0.2, -0.15) is 0 Å². The number of hydrogen-bond acceptors (Lipinski definition) is 11. The van der Waals surface area contributed by atoms with Gasteiger partial charge in [0.25, 0.3) is 0 Å². The molecule has 16 nitrogen and oxygen atoms in total. The van der Waals surface area contributed by atoms with E-state index in [0.717, 1.165) is 29.7 Å². The predicted molar refractivity (Wildman–Crippen MR) is 254 cm³/mol. The zero-order valence-corrected chi connectivity index (χ0v) is 39.0. The molecule has 0 unspecified atom stereocenters. The summed E-state index contributed by atoms with van der Waals surface area (Å²) < 4.78 is 17.5. The highest BCUT2D eigenvalue weighted by molar-refractivity contribution is 6.25. The number of esters is 2. The quantitative estimate of drug-likeness (QED) is 0.110. The number of nitrogens with two attached hydrogens (primary N) is 1. The Kier molecular flexibility index (Phi) is 14.7. The number of ether oxygens (including phenoxy) is 3. The number of hydrogen-bond donors (Lipinski definition) is 4. The molecule has 360 valence electrons. The minimum Gasteiger partial charge on any atom is -0.491 e. The summed E-state index contributed by atoms with van der Waals surface area (Å²) in [6.07, 6.45) is 3.26. The van der Waals surface area contributed by atoms with E-state index in [9.17, 15) is 14.7 Å². The number of cyclic esters (lactones) is 1. The van der Waals surface area contributed by atoms with E-state index in [4.69, 9.17) is 19.9 Å². The third kappa shape index (κ3) is 9.24. The molecule has 4 aliphatic heterocycles. The molecule has 4 aromatic rings. The van der Waals surface area contributed by atoms with Crippen molar-refractivity contribution in [1.82, 2.24) is 20.4 Å². The molecule has 0 radical (unpaired) electrons.